The standard InChI is InChI=1S/C18H30N4O2.HI/c1-4-19-18(21-14-17(23)20-12-13-24-3)22-15(2)10-11-16-8-6-5-7-9-16;/h5-9,15H,4,10-14H2,1-3H3,(H,20,23)(H2,19,21,22);1H. The van der Waals surface area contributed by atoms with E-state index in [0.29, 0.717) is 19.1 Å². The van der Waals surface area contributed by atoms with E-state index in [1.807, 2.05) is 13.0 Å². The Labute approximate surface area is 168 Å². The third-order valence-electron chi connectivity index (χ3n) is 3.45. The maximum Gasteiger partial charge on any atom is 0.241 e. The van der Waals surface area contributed by atoms with Crippen LogP contribution in [0.3, 0.4) is 0 Å². The lowest BCUT2D eigenvalue weighted by Crippen LogP contribution is -2.43. The van der Waals surface area contributed by atoms with Crippen LogP contribution in [-0.2, 0) is 16.0 Å². The molecule has 142 valence electrons. The number of guanidine groups is 1. The predicted molar refractivity (Wildman–Crippen MR) is 114 cm³/mol. The number of hydrogen-bond donors (Lipinski definition) is 3. The van der Waals surface area contributed by atoms with Crippen molar-refractivity contribution in [1.29, 1.82) is 0 Å². The summed E-state index contributed by atoms with van der Waals surface area (Å²) in [5.41, 5.74) is 1.32. The van der Waals surface area contributed by atoms with E-state index in [0.717, 1.165) is 19.4 Å². The summed E-state index contributed by atoms with van der Waals surface area (Å²) >= 11 is 0. The van der Waals surface area contributed by atoms with Gasteiger partial charge in [-0.05, 0) is 32.3 Å². The molecular weight excluding hydrogens is 431 g/mol. The lowest BCUT2D eigenvalue weighted by Gasteiger charge is -2.17. The minimum Gasteiger partial charge on any atom is -0.383 e. The van der Waals surface area contributed by atoms with E-state index in [1.165, 1.54) is 5.56 Å². The number of amides is 1. The van der Waals surface area contributed by atoms with Crippen LogP contribution in [0, 0.1) is 0 Å². The summed E-state index contributed by atoms with van der Waals surface area (Å²) in [5.74, 6) is 0.557. The van der Waals surface area contributed by atoms with Gasteiger partial charge in [0.1, 0.15) is 6.54 Å². The highest BCUT2D eigenvalue weighted by Gasteiger charge is 2.07. The molecule has 1 amide bonds. The van der Waals surface area contributed by atoms with Crippen LogP contribution < -0.4 is 16.0 Å². The second kappa shape index (κ2) is 14.9. The maximum absolute atomic E-state index is 11.7. The van der Waals surface area contributed by atoms with Gasteiger partial charge in [0, 0.05) is 26.2 Å². The van der Waals surface area contributed by atoms with E-state index in [2.05, 4.69) is 52.1 Å². The number of methoxy groups -OCH3 is 1. The highest BCUT2D eigenvalue weighted by molar-refractivity contribution is 14.0. The van der Waals surface area contributed by atoms with Crippen molar-refractivity contribution in [2.24, 2.45) is 4.99 Å². The van der Waals surface area contributed by atoms with Gasteiger partial charge in [0.25, 0.3) is 0 Å². The van der Waals surface area contributed by atoms with Crippen LogP contribution in [0.1, 0.15) is 25.8 Å². The number of rotatable bonds is 10. The molecule has 0 saturated heterocycles. The number of halogens is 1. The number of nitrogens with zero attached hydrogens (tertiary/aromatic N) is 1. The number of carbonyl (C=O) groups excluding carboxylic acids is 1. The van der Waals surface area contributed by atoms with E-state index >= 15 is 0 Å². The average molecular weight is 462 g/mol. The van der Waals surface area contributed by atoms with Crippen molar-refractivity contribution >= 4 is 35.8 Å². The molecule has 0 radical (unpaired) electrons. The molecule has 1 aromatic carbocycles. The number of ether oxygens (including phenoxy) is 1. The molecule has 0 aliphatic carbocycles. The Morgan fingerprint density at radius 1 is 1.24 bits per heavy atom. The summed E-state index contributed by atoms with van der Waals surface area (Å²) in [6, 6.07) is 10.7. The quantitative estimate of drug-likeness (QED) is 0.215. The molecular formula is C18H31IN4O2. The van der Waals surface area contributed by atoms with Crippen LogP contribution in [0.25, 0.3) is 0 Å². The molecule has 1 rings (SSSR count). The molecule has 25 heavy (non-hydrogen) atoms. The first-order chi connectivity index (χ1) is 11.7. The Kier molecular flexibility index (Phi) is 14.1. The fourth-order valence-electron chi connectivity index (χ4n) is 2.15. The molecule has 0 saturated carbocycles. The topological polar surface area (TPSA) is 74.8 Å². The van der Waals surface area contributed by atoms with Gasteiger partial charge in [-0.25, -0.2) is 4.99 Å². The molecule has 0 fully saturated rings. The highest BCUT2D eigenvalue weighted by Crippen LogP contribution is 2.04. The van der Waals surface area contributed by atoms with E-state index in [1.54, 1.807) is 7.11 Å². The van der Waals surface area contributed by atoms with Crippen molar-refractivity contribution in [1.82, 2.24) is 16.0 Å². The van der Waals surface area contributed by atoms with E-state index < -0.39 is 0 Å². The Hall–Kier alpha value is -1.35. The summed E-state index contributed by atoms with van der Waals surface area (Å²) in [4.78, 5) is 16.0. The zero-order valence-corrected chi connectivity index (χ0v) is 17.7. The molecule has 0 aliphatic rings. The van der Waals surface area contributed by atoms with Crippen LogP contribution in [0.4, 0.5) is 0 Å². The molecule has 0 aromatic heterocycles. The van der Waals surface area contributed by atoms with E-state index in [-0.39, 0.29) is 42.5 Å². The number of aliphatic imine (C=N–C) groups is 1. The van der Waals surface area contributed by atoms with Gasteiger partial charge in [0.15, 0.2) is 5.96 Å². The van der Waals surface area contributed by atoms with Gasteiger partial charge in [0.2, 0.25) is 5.91 Å². The summed E-state index contributed by atoms with van der Waals surface area (Å²) < 4.78 is 4.90. The Morgan fingerprint density at radius 2 is 1.96 bits per heavy atom. The number of hydrogen-bond acceptors (Lipinski definition) is 3. The Bertz CT molecular complexity index is 497. The van der Waals surface area contributed by atoms with Gasteiger partial charge in [0.05, 0.1) is 6.61 Å². The first-order valence-electron chi connectivity index (χ1n) is 8.50. The number of benzene rings is 1. The minimum absolute atomic E-state index is 0. The number of carbonyl (C=O) groups is 1. The molecule has 0 aliphatic heterocycles. The zero-order valence-electron chi connectivity index (χ0n) is 15.4. The second-order valence-electron chi connectivity index (χ2n) is 5.61. The Balaban J connectivity index is 0.00000576. The first-order valence-corrected chi connectivity index (χ1v) is 8.50. The van der Waals surface area contributed by atoms with Crippen LogP contribution in [0.15, 0.2) is 35.3 Å². The van der Waals surface area contributed by atoms with Crippen molar-refractivity contribution in [3.05, 3.63) is 35.9 Å². The van der Waals surface area contributed by atoms with Crippen molar-refractivity contribution in [3.8, 4) is 0 Å². The van der Waals surface area contributed by atoms with Crippen LogP contribution in [-0.4, -0.2) is 51.3 Å². The number of aryl methyl sites for hydroxylation is 1. The van der Waals surface area contributed by atoms with Crippen LogP contribution >= 0.6 is 24.0 Å². The molecule has 1 unspecified atom stereocenters. The fourth-order valence-corrected chi connectivity index (χ4v) is 2.15. The summed E-state index contributed by atoms with van der Waals surface area (Å²) in [6.07, 6.45) is 2.00. The van der Waals surface area contributed by atoms with E-state index in [9.17, 15) is 4.79 Å². The van der Waals surface area contributed by atoms with Gasteiger partial charge in [-0.1, -0.05) is 30.3 Å². The van der Waals surface area contributed by atoms with Gasteiger partial charge in [-0.3, -0.25) is 4.79 Å². The molecule has 0 heterocycles. The maximum atomic E-state index is 11.7. The predicted octanol–water partition coefficient (Wildman–Crippen LogP) is 1.94. The lowest BCUT2D eigenvalue weighted by molar-refractivity contribution is -0.119. The van der Waals surface area contributed by atoms with Gasteiger partial charge in [-0.15, -0.1) is 24.0 Å². The van der Waals surface area contributed by atoms with Crippen molar-refractivity contribution in [2.75, 3.05) is 33.4 Å². The smallest absolute Gasteiger partial charge is 0.241 e. The molecule has 7 heteroatoms. The molecule has 6 nitrogen and oxygen atoms in total. The Morgan fingerprint density at radius 3 is 2.60 bits per heavy atom. The summed E-state index contributed by atoms with van der Waals surface area (Å²) in [6.45, 7) is 5.98. The van der Waals surface area contributed by atoms with Crippen LogP contribution in [0.5, 0.6) is 0 Å². The zero-order chi connectivity index (χ0) is 17.6. The van der Waals surface area contributed by atoms with Gasteiger partial charge in [-0.2, -0.15) is 0 Å². The van der Waals surface area contributed by atoms with Gasteiger partial charge < -0.3 is 20.7 Å². The largest absolute Gasteiger partial charge is 0.383 e. The van der Waals surface area contributed by atoms with E-state index in [4.69, 9.17) is 4.74 Å². The van der Waals surface area contributed by atoms with Crippen LogP contribution in [0.2, 0.25) is 0 Å². The molecule has 1 atom stereocenters. The minimum atomic E-state index is -0.110. The third kappa shape index (κ3) is 11.8. The molecule has 3 N–H and O–H groups in total. The molecule has 0 spiro atoms. The normalized spacial score (nSPS) is 12.0. The summed E-state index contributed by atoms with van der Waals surface area (Å²) in [5, 5.41) is 9.27. The molecule has 0 bridgehead atoms. The first kappa shape index (κ1) is 23.6. The highest BCUT2D eigenvalue weighted by atomic mass is 127. The molecule has 1 aromatic rings. The number of nitrogens with one attached hydrogen (secondary N) is 3. The second-order valence-corrected chi connectivity index (χ2v) is 5.61. The van der Waals surface area contributed by atoms with Crippen molar-refractivity contribution in [3.63, 3.8) is 0 Å². The lowest BCUT2D eigenvalue weighted by atomic mass is 10.1. The van der Waals surface area contributed by atoms with Crippen molar-refractivity contribution in [2.45, 2.75) is 32.7 Å². The SMILES string of the molecule is CCNC(=NCC(=O)NCCOC)NC(C)CCc1ccccc1.I. The van der Waals surface area contributed by atoms with Gasteiger partial charge >= 0.3 is 0 Å². The fraction of sp³-hybridized carbons (Fsp3) is 0.556. The third-order valence-corrected chi connectivity index (χ3v) is 3.45. The summed E-state index contributed by atoms with van der Waals surface area (Å²) in [7, 11) is 1.61. The monoisotopic (exact) mass is 462 g/mol. The van der Waals surface area contributed by atoms with Crippen molar-refractivity contribution < 1.29 is 9.53 Å². The average Bonchev–Trinajstić information content (AvgIpc) is 2.59.